The summed E-state index contributed by atoms with van der Waals surface area (Å²) in [5.41, 5.74) is 9.25. The summed E-state index contributed by atoms with van der Waals surface area (Å²) < 4.78 is 10.6. The number of nitrogens with two attached hydrogens (primary N) is 1. The molecule has 3 N–H and O–H groups in total. The van der Waals surface area contributed by atoms with Gasteiger partial charge in [-0.15, -0.1) is 16.3 Å². The summed E-state index contributed by atoms with van der Waals surface area (Å²) in [6, 6.07) is 2.13. The van der Waals surface area contributed by atoms with E-state index >= 15 is 0 Å². The Morgan fingerprint density at radius 1 is 1.20 bits per heavy atom. The molecule has 0 bridgehead atoms. The second-order valence-electron chi connectivity index (χ2n) is 7.71. The molecule has 4 heterocycles. The van der Waals surface area contributed by atoms with Crippen molar-refractivity contribution in [3.63, 3.8) is 0 Å². The minimum absolute atomic E-state index is 0.267. The van der Waals surface area contributed by atoms with Crippen LogP contribution in [0.3, 0.4) is 0 Å². The number of aromatic nitrogens is 3. The van der Waals surface area contributed by atoms with Gasteiger partial charge in [0.25, 0.3) is 12.1 Å². The zero-order valence-electron chi connectivity index (χ0n) is 16.7. The highest BCUT2D eigenvalue weighted by atomic mass is 32.1. The number of morpholine rings is 1. The molecule has 10 heteroatoms. The monoisotopic (exact) mass is 429 g/mol. The Morgan fingerprint density at radius 2 is 2.00 bits per heavy atom. The van der Waals surface area contributed by atoms with Crippen LogP contribution in [0.25, 0.3) is 10.2 Å². The third kappa shape index (κ3) is 3.72. The molecule has 2 aliphatic rings. The molecule has 1 amide bonds. The Kier molecular flexibility index (Phi) is 5.26. The van der Waals surface area contributed by atoms with Crippen molar-refractivity contribution in [1.82, 2.24) is 10.3 Å². The molecule has 1 fully saturated rings. The number of thiophene rings is 1. The SMILES string of the molecule is Nc1c(C(=O)Nc2c[n+](N3CCOCC3)no2)sc2nc3c(cc12)CCCCCC3. The van der Waals surface area contributed by atoms with Crippen LogP contribution in [0.4, 0.5) is 11.6 Å². The topological polar surface area (TPSA) is 110 Å². The summed E-state index contributed by atoms with van der Waals surface area (Å²) in [5.74, 6) is -0.0447. The first kappa shape index (κ1) is 19.3. The maximum Gasteiger partial charge on any atom is 0.306 e. The average molecular weight is 430 g/mol. The molecule has 0 aromatic carbocycles. The van der Waals surface area contributed by atoms with Crippen molar-refractivity contribution in [2.45, 2.75) is 38.5 Å². The first-order valence-electron chi connectivity index (χ1n) is 10.4. The Bertz CT molecular complexity index is 1070. The van der Waals surface area contributed by atoms with Crippen LogP contribution in [0.1, 0.15) is 46.6 Å². The molecule has 158 valence electrons. The van der Waals surface area contributed by atoms with Gasteiger partial charge < -0.3 is 10.5 Å². The average Bonchev–Trinajstić information content (AvgIpc) is 3.33. The molecule has 1 aliphatic heterocycles. The van der Waals surface area contributed by atoms with Crippen LogP contribution in [0.5, 0.6) is 0 Å². The van der Waals surface area contributed by atoms with Gasteiger partial charge in [-0.1, -0.05) is 12.8 Å². The van der Waals surface area contributed by atoms with E-state index in [1.807, 2.05) is 5.01 Å². The van der Waals surface area contributed by atoms with Crippen molar-refractivity contribution in [1.29, 1.82) is 0 Å². The van der Waals surface area contributed by atoms with E-state index < -0.39 is 0 Å². The Morgan fingerprint density at radius 3 is 2.83 bits per heavy atom. The fourth-order valence-electron chi connectivity index (χ4n) is 4.04. The largest absolute Gasteiger partial charge is 0.397 e. The van der Waals surface area contributed by atoms with Gasteiger partial charge in [-0.25, -0.2) is 4.98 Å². The third-order valence-corrected chi connectivity index (χ3v) is 6.79. The fourth-order valence-corrected chi connectivity index (χ4v) is 5.03. The van der Waals surface area contributed by atoms with Gasteiger partial charge in [0.15, 0.2) is 0 Å². The molecule has 0 spiro atoms. The number of rotatable bonds is 3. The number of aryl methyl sites for hydroxylation is 2. The molecule has 1 aliphatic carbocycles. The van der Waals surface area contributed by atoms with Gasteiger partial charge in [0.05, 0.1) is 36.8 Å². The maximum atomic E-state index is 12.9. The van der Waals surface area contributed by atoms with Crippen molar-refractivity contribution >= 4 is 39.0 Å². The van der Waals surface area contributed by atoms with Crippen LogP contribution in [0.15, 0.2) is 16.8 Å². The normalized spacial score (nSPS) is 17.4. The lowest BCUT2D eigenvalue weighted by molar-refractivity contribution is -0.759. The quantitative estimate of drug-likeness (QED) is 0.613. The zero-order chi connectivity index (χ0) is 20.5. The van der Waals surface area contributed by atoms with Crippen LogP contribution < -0.4 is 20.9 Å². The Labute approximate surface area is 177 Å². The van der Waals surface area contributed by atoms with E-state index in [9.17, 15) is 4.79 Å². The minimum atomic E-state index is -0.312. The van der Waals surface area contributed by atoms with E-state index in [1.165, 1.54) is 36.2 Å². The molecule has 3 aromatic heterocycles. The van der Waals surface area contributed by atoms with Crippen LogP contribution in [0.2, 0.25) is 0 Å². The molecule has 9 nitrogen and oxygen atoms in total. The Balaban J connectivity index is 1.38. The van der Waals surface area contributed by atoms with Crippen molar-refractivity contribution in [3.8, 4) is 0 Å². The number of hydrogen-bond donors (Lipinski definition) is 2. The highest BCUT2D eigenvalue weighted by Crippen LogP contribution is 2.35. The van der Waals surface area contributed by atoms with Gasteiger partial charge in [0.1, 0.15) is 9.71 Å². The molecule has 0 unspecified atom stereocenters. The maximum absolute atomic E-state index is 12.9. The van der Waals surface area contributed by atoms with Crippen LogP contribution in [-0.2, 0) is 17.6 Å². The van der Waals surface area contributed by atoms with E-state index in [0.29, 0.717) is 36.9 Å². The van der Waals surface area contributed by atoms with Crippen molar-refractivity contribution < 1.29 is 18.8 Å². The van der Waals surface area contributed by atoms with Crippen molar-refractivity contribution in [2.24, 2.45) is 0 Å². The van der Waals surface area contributed by atoms with E-state index in [-0.39, 0.29) is 11.8 Å². The van der Waals surface area contributed by atoms with Crippen molar-refractivity contribution in [2.75, 3.05) is 42.4 Å². The summed E-state index contributed by atoms with van der Waals surface area (Å²) in [7, 11) is 0. The second-order valence-corrected chi connectivity index (χ2v) is 8.71. The Hall–Kier alpha value is -2.72. The number of carbonyl (C=O) groups is 1. The molecule has 30 heavy (non-hydrogen) atoms. The fraction of sp³-hybridized carbons (Fsp3) is 0.500. The van der Waals surface area contributed by atoms with Gasteiger partial charge in [-0.2, -0.15) is 0 Å². The molecular formula is C20H25N6O3S+. The molecule has 0 saturated carbocycles. The van der Waals surface area contributed by atoms with Crippen LogP contribution in [-0.4, -0.2) is 42.5 Å². The molecular weight excluding hydrogens is 404 g/mol. The molecule has 3 aromatic rings. The van der Waals surface area contributed by atoms with Crippen LogP contribution in [0, 0.1) is 0 Å². The number of ether oxygens (including phenoxy) is 1. The molecule has 5 rings (SSSR count). The van der Waals surface area contributed by atoms with Gasteiger partial charge >= 0.3 is 5.88 Å². The summed E-state index contributed by atoms with van der Waals surface area (Å²) in [6.07, 6.45) is 8.50. The number of anilines is 2. The van der Waals surface area contributed by atoms with Gasteiger partial charge in [-0.05, 0) is 37.3 Å². The number of nitrogens with zero attached hydrogens (tertiary/aromatic N) is 4. The molecule has 0 atom stereocenters. The number of fused-ring (bicyclic) bond motifs is 2. The summed E-state index contributed by atoms with van der Waals surface area (Å²) in [6.45, 7) is 2.70. The second kappa shape index (κ2) is 8.19. The van der Waals surface area contributed by atoms with Gasteiger partial charge in [-0.3, -0.25) is 14.6 Å². The first-order chi connectivity index (χ1) is 14.7. The van der Waals surface area contributed by atoms with E-state index in [1.54, 1.807) is 11.0 Å². The molecule has 0 radical (unpaired) electrons. The zero-order valence-corrected chi connectivity index (χ0v) is 17.5. The highest BCUT2D eigenvalue weighted by Gasteiger charge is 2.25. The lowest BCUT2D eigenvalue weighted by Crippen LogP contribution is -2.62. The minimum Gasteiger partial charge on any atom is -0.397 e. The first-order valence-corrected chi connectivity index (χ1v) is 11.2. The number of nitrogen functional groups attached to an aromatic ring is 1. The smallest absolute Gasteiger partial charge is 0.306 e. The lowest BCUT2D eigenvalue weighted by Gasteiger charge is -2.18. The third-order valence-electron chi connectivity index (χ3n) is 5.68. The molecule has 1 saturated heterocycles. The van der Waals surface area contributed by atoms with Crippen LogP contribution >= 0.6 is 11.3 Å². The summed E-state index contributed by atoms with van der Waals surface area (Å²) in [4.78, 5) is 20.6. The number of pyridine rings is 1. The summed E-state index contributed by atoms with van der Waals surface area (Å²) in [5, 5.41) is 9.59. The number of carbonyl (C=O) groups excluding carboxylic acids is 1. The summed E-state index contributed by atoms with van der Waals surface area (Å²) >= 11 is 1.33. The van der Waals surface area contributed by atoms with E-state index in [2.05, 4.69) is 16.7 Å². The van der Waals surface area contributed by atoms with E-state index in [4.69, 9.17) is 20.0 Å². The lowest BCUT2D eigenvalue weighted by atomic mass is 9.96. The van der Waals surface area contributed by atoms with Crippen molar-refractivity contribution in [3.05, 3.63) is 28.4 Å². The van der Waals surface area contributed by atoms with Gasteiger partial charge in [0, 0.05) is 11.1 Å². The number of hydrogen-bond acceptors (Lipinski definition) is 8. The van der Waals surface area contributed by atoms with Gasteiger partial charge in [0.2, 0.25) is 5.27 Å². The van der Waals surface area contributed by atoms with E-state index in [0.717, 1.165) is 35.2 Å². The predicted octanol–water partition coefficient (Wildman–Crippen LogP) is 2.03. The predicted molar refractivity (Wildman–Crippen MR) is 113 cm³/mol. The number of amides is 1. The standard InChI is InChI=1S/C20H24N6O3S/c21-17-14-11-13-5-3-1-2-4-6-15(13)22-20(14)30-18(17)19(27)23-16-12-26(24-29-16)25-7-9-28-10-8-25/h11-12H,1-10H2,(H2-,21,23,24,27)/p+1. The highest BCUT2D eigenvalue weighted by molar-refractivity contribution is 7.21. The number of nitrogens with one attached hydrogen (secondary N) is 1.